The van der Waals surface area contributed by atoms with Crippen LogP contribution in [0, 0.1) is 28.1 Å². The second-order valence-corrected chi connectivity index (χ2v) is 8.08. The van der Waals surface area contributed by atoms with Gasteiger partial charge in [0.15, 0.2) is 0 Å². The van der Waals surface area contributed by atoms with Crippen molar-refractivity contribution in [3.63, 3.8) is 0 Å². The first-order chi connectivity index (χ1) is 16.8. The lowest BCUT2D eigenvalue weighted by molar-refractivity contribution is -0.141. The molecule has 0 bridgehead atoms. The van der Waals surface area contributed by atoms with E-state index in [0.29, 0.717) is 21.2 Å². The minimum absolute atomic E-state index is 0.00496. The molecule has 0 radical (unpaired) electrons. The van der Waals surface area contributed by atoms with Crippen molar-refractivity contribution in [2.45, 2.75) is 13.8 Å². The molecule has 2 aromatic rings. The van der Waals surface area contributed by atoms with Gasteiger partial charge in [0.25, 0.3) is 0 Å². The van der Waals surface area contributed by atoms with Gasteiger partial charge < -0.3 is 9.47 Å². The highest BCUT2D eigenvalue weighted by Gasteiger charge is 2.54. The molecular formula is C26H19Cl2N3O4. The maximum atomic E-state index is 13.1. The second-order valence-electron chi connectivity index (χ2n) is 7.20. The number of carbonyl (C=O) groups is 2. The van der Waals surface area contributed by atoms with Crippen molar-refractivity contribution in [1.82, 2.24) is 0 Å². The number of benzene rings is 2. The van der Waals surface area contributed by atoms with Crippen molar-refractivity contribution >= 4 is 46.9 Å². The number of hydrogen-bond acceptors (Lipinski definition) is 7. The molecule has 176 valence electrons. The highest BCUT2D eigenvalue weighted by Crippen LogP contribution is 2.52. The van der Waals surface area contributed by atoms with Crippen LogP contribution < -0.4 is 0 Å². The summed E-state index contributed by atoms with van der Waals surface area (Å²) in [4.78, 5) is 30.7. The van der Waals surface area contributed by atoms with Gasteiger partial charge in [0.1, 0.15) is 0 Å². The lowest BCUT2D eigenvalue weighted by Crippen LogP contribution is -2.27. The summed E-state index contributed by atoms with van der Waals surface area (Å²) < 4.78 is 10.3. The molecular weight excluding hydrogens is 489 g/mol. The van der Waals surface area contributed by atoms with E-state index < -0.39 is 22.9 Å². The Morgan fingerprint density at radius 1 is 0.914 bits per heavy atom. The molecule has 0 aliphatic heterocycles. The smallest absolute Gasteiger partial charge is 0.341 e. The standard InChI is InChI=1S/C26H19Cl2N3O4/c1-3-34-24(32)20-22(25(33)35-4-2)26(14-29,15-30)21(17-7-11-19(28)12-8-17)23(20)31-13-16-5-9-18(27)10-6-16/h5-13H,3-4H2,1-2H3. The quantitative estimate of drug-likeness (QED) is 0.371. The molecule has 0 amide bonds. The van der Waals surface area contributed by atoms with Gasteiger partial charge in [0, 0.05) is 21.8 Å². The fourth-order valence-corrected chi connectivity index (χ4v) is 3.88. The molecule has 9 heteroatoms. The van der Waals surface area contributed by atoms with Crippen molar-refractivity contribution < 1.29 is 19.1 Å². The molecule has 0 fully saturated rings. The van der Waals surface area contributed by atoms with Gasteiger partial charge in [-0.2, -0.15) is 10.5 Å². The van der Waals surface area contributed by atoms with E-state index in [1.165, 1.54) is 6.21 Å². The number of carbonyl (C=O) groups excluding carboxylic acids is 2. The highest BCUT2D eigenvalue weighted by molar-refractivity contribution is 6.31. The van der Waals surface area contributed by atoms with Crippen LogP contribution in [0.15, 0.2) is 70.4 Å². The van der Waals surface area contributed by atoms with E-state index in [-0.39, 0.29) is 30.1 Å². The van der Waals surface area contributed by atoms with Gasteiger partial charge in [-0.3, -0.25) is 4.99 Å². The van der Waals surface area contributed by atoms with E-state index in [1.54, 1.807) is 62.4 Å². The molecule has 0 unspecified atom stereocenters. The number of rotatable bonds is 7. The highest BCUT2D eigenvalue weighted by atomic mass is 35.5. The maximum Gasteiger partial charge on any atom is 0.341 e. The summed E-state index contributed by atoms with van der Waals surface area (Å²) >= 11 is 12.0. The zero-order valence-electron chi connectivity index (χ0n) is 18.8. The number of halogens is 2. The molecule has 0 N–H and O–H groups in total. The third-order valence-electron chi connectivity index (χ3n) is 5.11. The zero-order chi connectivity index (χ0) is 25.6. The third-order valence-corrected chi connectivity index (χ3v) is 5.62. The fourth-order valence-electron chi connectivity index (χ4n) is 3.63. The molecule has 35 heavy (non-hydrogen) atoms. The Morgan fingerprint density at radius 3 is 1.94 bits per heavy atom. The van der Waals surface area contributed by atoms with Crippen LogP contribution in [0.2, 0.25) is 10.0 Å². The fraction of sp³-hybridized carbons (Fsp3) is 0.192. The van der Waals surface area contributed by atoms with Crippen molar-refractivity contribution in [1.29, 1.82) is 10.5 Å². The van der Waals surface area contributed by atoms with Gasteiger partial charge in [0.2, 0.25) is 5.41 Å². The molecule has 0 heterocycles. The monoisotopic (exact) mass is 507 g/mol. The molecule has 0 saturated heterocycles. The second kappa shape index (κ2) is 11.0. The van der Waals surface area contributed by atoms with Crippen LogP contribution in [0.4, 0.5) is 0 Å². The molecule has 1 aliphatic carbocycles. The zero-order valence-corrected chi connectivity index (χ0v) is 20.4. The Bertz CT molecular complexity index is 1310. The van der Waals surface area contributed by atoms with E-state index >= 15 is 0 Å². The summed E-state index contributed by atoms with van der Waals surface area (Å²) in [6.45, 7) is 3.13. The van der Waals surface area contributed by atoms with Crippen LogP contribution in [-0.2, 0) is 19.1 Å². The lowest BCUT2D eigenvalue weighted by Gasteiger charge is -2.20. The average Bonchev–Trinajstić information content (AvgIpc) is 3.15. The molecule has 0 spiro atoms. The Labute approximate surface area is 212 Å². The molecule has 0 atom stereocenters. The maximum absolute atomic E-state index is 13.1. The van der Waals surface area contributed by atoms with Gasteiger partial charge in [-0.25, -0.2) is 9.59 Å². The number of esters is 2. The van der Waals surface area contributed by atoms with Gasteiger partial charge in [-0.1, -0.05) is 47.5 Å². The van der Waals surface area contributed by atoms with Crippen LogP contribution in [0.25, 0.3) is 5.57 Å². The number of hydrogen-bond donors (Lipinski definition) is 0. The first-order valence-electron chi connectivity index (χ1n) is 10.5. The van der Waals surface area contributed by atoms with Crippen LogP contribution in [0.5, 0.6) is 0 Å². The summed E-state index contributed by atoms with van der Waals surface area (Å²) in [5.74, 6) is -1.89. The van der Waals surface area contributed by atoms with E-state index in [1.807, 2.05) is 12.1 Å². The number of nitriles is 2. The predicted octanol–water partition coefficient (Wildman–Crippen LogP) is 5.29. The topological polar surface area (TPSA) is 113 Å². The average molecular weight is 508 g/mol. The summed E-state index contributed by atoms with van der Waals surface area (Å²) in [5, 5.41) is 21.5. The van der Waals surface area contributed by atoms with Crippen LogP contribution in [0.1, 0.15) is 25.0 Å². The molecule has 7 nitrogen and oxygen atoms in total. The van der Waals surface area contributed by atoms with E-state index in [0.717, 1.165) is 0 Å². The summed E-state index contributed by atoms with van der Waals surface area (Å²) in [6.07, 6.45) is 1.44. The summed E-state index contributed by atoms with van der Waals surface area (Å²) in [7, 11) is 0. The first kappa shape index (κ1) is 25.7. The first-order valence-corrected chi connectivity index (χ1v) is 11.3. The Morgan fingerprint density at radius 2 is 1.43 bits per heavy atom. The molecule has 0 aromatic heterocycles. The van der Waals surface area contributed by atoms with Crippen molar-refractivity contribution in [2.24, 2.45) is 10.4 Å². The molecule has 2 aromatic carbocycles. The van der Waals surface area contributed by atoms with Crippen LogP contribution >= 0.6 is 23.2 Å². The molecule has 0 saturated carbocycles. The minimum Gasteiger partial charge on any atom is -0.463 e. The van der Waals surface area contributed by atoms with Gasteiger partial charge in [-0.15, -0.1) is 0 Å². The van der Waals surface area contributed by atoms with Crippen molar-refractivity contribution in [2.75, 3.05) is 13.2 Å². The number of aliphatic imine (C=N–C) groups is 1. The van der Waals surface area contributed by atoms with Crippen molar-refractivity contribution in [3.05, 3.63) is 86.5 Å². The van der Waals surface area contributed by atoms with Crippen molar-refractivity contribution in [3.8, 4) is 12.1 Å². The third kappa shape index (κ3) is 4.97. The predicted molar refractivity (Wildman–Crippen MR) is 131 cm³/mol. The Hall–Kier alpha value is -3.91. The Kier molecular flexibility index (Phi) is 8.09. The van der Waals surface area contributed by atoms with Gasteiger partial charge in [-0.05, 0) is 49.2 Å². The normalized spacial score (nSPS) is 14.6. The van der Waals surface area contributed by atoms with Crippen LogP contribution in [-0.4, -0.2) is 31.4 Å². The summed E-state index contributed by atoms with van der Waals surface area (Å²) in [5.41, 5.74) is -1.91. The largest absolute Gasteiger partial charge is 0.463 e. The lowest BCUT2D eigenvalue weighted by atomic mass is 9.76. The molecule has 1 aliphatic rings. The Balaban J connectivity index is 2.41. The summed E-state index contributed by atoms with van der Waals surface area (Å²) in [6, 6.07) is 16.9. The van der Waals surface area contributed by atoms with E-state index in [2.05, 4.69) is 4.99 Å². The molecule has 3 rings (SSSR count). The number of allylic oxidation sites excluding steroid dienone is 1. The van der Waals surface area contributed by atoms with E-state index in [4.69, 9.17) is 32.7 Å². The minimum atomic E-state index is -2.19. The van der Waals surface area contributed by atoms with Crippen LogP contribution in [0.3, 0.4) is 0 Å². The SMILES string of the molecule is CCOC(=O)C1=C(C(=O)OCC)C(C#N)(C#N)C(c2ccc(Cl)cc2)=C1N=Cc1ccc(Cl)cc1. The van der Waals surface area contributed by atoms with Gasteiger partial charge in [0.05, 0.1) is 42.2 Å². The number of nitrogens with zero attached hydrogens (tertiary/aromatic N) is 3. The van der Waals surface area contributed by atoms with Gasteiger partial charge >= 0.3 is 11.9 Å². The van der Waals surface area contributed by atoms with E-state index in [9.17, 15) is 20.1 Å². The number of ether oxygens (including phenoxy) is 2.